The summed E-state index contributed by atoms with van der Waals surface area (Å²) < 4.78 is 5.87. The second kappa shape index (κ2) is 8.01. The molecule has 0 saturated carbocycles. The molecule has 1 aromatic carbocycles. The molecule has 2 heterocycles. The number of aromatic nitrogens is 1. The number of hydrogen-bond acceptors (Lipinski definition) is 4. The molecule has 0 spiro atoms. The van der Waals surface area contributed by atoms with Crippen LogP contribution in [-0.4, -0.2) is 29.1 Å². The highest BCUT2D eigenvalue weighted by Gasteiger charge is 2.23. The normalized spacial score (nSPS) is 16.8. The third kappa shape index (κ3) is 4.95. The molecule has 0 bridgehead atoms. The van der Waals surface area contributed by atoms with Crippen molar-refractivity contribution in [3.8, 4) is 5.75 Å². The standard InChI is InChI=1S/C20H24N2O3/c1-15-2-4-17(5-3-15)14-25-19-10-18(11-21-12-19)22-9-8-16(13-22)6-7-20(23)24/h2-5,10-12,16H,6-9,13-14H2,1H3,(H,23,24). The van der Waals surface area contributed by atoms with Gasteiger partial charge in [0, 0.05) is 25.6 Å². The maximum atomic E-state index is 10.7. The molecule has 0 radical (unpaired) electrons. The Hall–Kier alpha value is -2.56. The Morgan fingerprint density at radius 3 is 2.88 bits per heavy atom. The van der Waals surface area contributed by atoms with Gasteiger partial charge in [0.15, 0.2) is 0 Å². The Morgan fingerprint density at radius 1 is 1.32 bits per heavy atom. The molecule has 0 amide bonds. The summed E-state index contributed by atoms with van der Waals surface area (Å²) in [4.78, 5) is 17.3. The molecule has 1 unspecified atom stereocenters. The van der Waals surface area contributed by atoms with E-state index < -0.39 is 5.97 Å². The van der Waals surface area contributed by atoms with E-state index in [1.54, 1.807) is 6.20 Å². The van der Waals surface area contributed by atoms with Crippen molar-refractivity contribution < 1.29 is 14.6 Å². The Balaban J connectivity index is 1.56. The van der Waals surface area contributed by atoms with Crippen LogP contribution in [-0.2, 0) is 11.4 Å². The SMILES string of the molecule is Cc1ccc(COc2cncc(N3CCC(CCC(=O)O)C3)c2)cc1. The number of benzene rings is 1. The quantitative estimate of drug-likeness (QED) is 0.833. The summed E-state index contributed by atoms with van der Waals surface area (Å²) >= 11 is 0. The van der Waals surface area contributed by atoms with Gasteiger partial charge in [0.25, 0.3) is 0 Å². The summed E-state index contributed by atoms with van der Waals surface area (Å²) in [5, 5.41) is 8.82. The van der Waals surface area contributed by atoms with E-state index in [1.165, 1.54) is 5.56 Å². The molecule has 3 rings (SSSR count). The van der Waals surface area contributed by atoms with Crippen LogP contribution in [0.5, 0.6) is 5.75 Å². The summed E-state index contributed by atoms with van der Waals surface area (Å²) in [6.45, 7) is 4.41. The Labute approximate surface area is 148 Å². The minimum atomic E-state index is -0.716. The van der Waals surface area contributed by atoms with Gasteiger partial charge < -0.3 is 14.7 Å². The van der Waals surface area contributed by atoms with Crippen LogP contribution in [0, 0.1) is 12.8 Å². The van der Waals surface area contributed by atoms with E-state index in [1.807, 2.05) is 12.3 Å². The lowest BCUT2D eigenvalue weighted by Gasteiger charge is -2.19. The second-order valence-corrected chi connectivity index (χ2v) is 6.69. The third-order valence-electron chi connectivity index (χ3n) is 4.64. The lowest BCUT2D eigenvalue weighted by atomic mass is 10.0. The van der Waals surface area contributed by atoms with E-state index in [4.69, 9.17) is 9.84 Å². The van der Waals surface area contributed by atoms with Gasteiger partial charge in [0.2, 0.25) is 0 Å². The maximum absolute atomic E-state index is 10.7. The van der Waals surface area contributed by atoms with Crippen molar-refractivity contribution in [2.24, 2.45) is 5.92 Å². The third-order valence-corrected chi connectivity index (χ3v) is 4.64. The zero-order valence-corrected chi connectivity index (χ0v) is 14.5. The Kier molecular flexibility index (Phi) is 5.53. The molecule has 1 aromatic heterocycles. The first kappa shape index (κ1) is 17.3. The number of aliphatic carboxylic acids is 1. The van der Waals surface area contributed by atoms with Crippen molar-refractivity contribution in [3.05, 3.63) is 53.9 Å². The molecule has 1 N–H and O–H groups in total. The minimum absolute atomic E-state index is 0.246. The molecule has 2 aromatic rings. The molecule has 5 heteroatoms. The van der Waals surface area contributed by atoms with E-state index in [2.05, 4.69) is 41.1 Å². The summed E-state index contributed by atoms with van der Waals surface area (Å²) in [5.74, 6) is 0.479. The fraction of sp³-hybridized carbons (Fsp3) is 0.400. The molecule has 0 aliphatic carbocycles. The molecule has 1 aliphatic rings. The second-order valence-electron chi connectivity index (χ2n) is 6.69. The zero-order valence-electron chi connectivity index (χ0n) is 14.5. The number of aryl methyl sites for hydroxylation is 1. The van der Waals surface area contributed by atoms with E-state index in [0.29, 0.717) is 12.5 Å². The summed E-state index contributed by atoms with van der Waals surface area (Å²) in [6, 6.07) is 10.3. The van der Waals surface area contributed by atoms with Crippen LogP contribution in [0.2, 0.25) is 0 Å². The smallest absolute Gasteiger partial charge is 0.303 e. The van der Waals surface area contributed by atoms with E-state index in [-0.39, 0.29) is 6.42 Å². The first-order valence-electron chi connectivity index (χ1n) is 8.70. The number of pyridine rings is 1. The molecule has 1 aliphatic heterocycles. The fourth-order valence-corrected chi connectivity index (χ4v) is 3.14. The zero-order chi connectivity index (χ0) is 17.6. The average molecular weight is 340 g/mol. The number of carbonyl (C=O) groups is 1. The van der Waals surface area contributed by atoms with Crippen LogP contribution in [0.1, 0.15) is 30.4 Å². The molecular weight excluding hydrogens is 316 g/mol. The lowest BCUT2D eigenvalue weighted by Crippen LogP contribution is -2.20. The van der Waals surface area contributed by atoms with Crippen LogP contribution >= 0.6 is 0 Å². The molecule has 25 heavy (non-hydrogen) atoms. The van der Waals surface area contributed by atoms with Gasteiger partial charge in [-0.05, 0) is 31.2 Å². The van der Waals surface area contributed by atoms with Gasteiger partial charge in [-0.1, -0.05) is 29.8 Å². The van der Waals surface area contributed by atoms with Crippen LogP contribution in [0.4, 0.5) is 5.69 Å². The van der Waals surface area contributed by atoms with Crippen molar-refractivity contribution in [2.45, 2.75) is 32.8 Å². The van der Waals surface area contributed by atoms with Crippen molar-refractivity contribution in [1.82, 2.24) is 4.98 Å². The van der Waals surface area contributed by atoms with Gasteiger partial charge in [-0.3, -0.25) is 9.78 Å². The monoisotopic (exact) mass is 340 g/mol. The van der Waals surface area contributed by atoms with Gasteiger partial charge in [-0.25, -0.2) is 0 Å². The summed E-state index contributed by atoms with van der Waals surface area (Å²) in [6.07, 6.45) is 5.59. The van der Waals surface area contributed by atoms with E-state index >= 15 is 0 Å². The average Bonchev–Trinajstić information content (AvgIpc) is 3.09. The van der Waals surface area contributed by atoms with Gasteiger partial charge >= 0.3 is 5.97 Å². The first-order chi connectivity index (χ1) is 12.1. The van der Waals surface area contributed by atoms with E-state index in [9.17, 15) is 4.79 Å². The van der Waals surface area contributed by atoms with Crippen molar-refractivity contribution in [2.75, 3.05) is 18.0 Å². The molecular formula is C20H24N2O3. The van der Waals surface area contributed by atoms with Crippen molar-refractivity contribution in [3.63, 3.8) is 0 Å². The van der Waals surface area contributed by atoms with Crippen LogP contribution < -0.4 is 9.64 Å². The fourth-order valence-electron chi connectivity index (χ4n) is 3.14. The van der Waals surface area contributed by atoms with Crippen LogP contribution in [0.25, 0.3) is 0 Å². The topological polar surface area (TPSA) is 62.7 Å². The number of rotatable bonds is 7. The minimum Gasteiger partial charge on any atom is -0.487 e. The van der Waals surface area contributed by atoms with Gasteiger partial charge in [-0.2, -0.15) is 0 Å². The summed E-state index contributed by atoms with van der Waals surface area (Å²) in [5.41, 5.74) is 3.41. The molecule has 132 valence electrons. The van der Waals surface area contributed by atoms with Gasteiger partial charge in [0.1, 0.15) is 12.4 Å². The highest BCUT2D eigenvalue weighted by atomic mass is 16.5. The number of carboxylic acid groups (broad SMARTS) is 1. The number of carboxylic acids is 1. The van der Waals surface area contributed by atoms with Crippen LogP contribution in [0.3, 0.4) is 0 Å². The molecule has 1 saturated heterocycles. The molecule has 5 nitrogen and oxygen atoms in total. The predicted molar refractivity (Wildman–Crippen MR) is 96.9 cm³/mol. The highest BCUT2D eigenvalue weighted by Crippen LogP contribution is 2.28. The largest absolute Gasteiger partial charge is 0.487 e. The Morgan fingerprint density at radius 2 is 2.12 bits per heavy atom. The van der Waals surface area contributed by atoms with Crippen LogP contribution in [0.15, 0.2) is 42.7 Å². The number of ether oxygens (including phenoxy) is 1. The molecule has 1 atom stereocenters. The maximum Gasteiger partial charge on any atom is 0.303 e. The predicted octanol–water partition coefficient (Wildman–Crippen LogP) is 3.66. The number of hydrogen-bond donors (Lipinski definition) is 1. The number of nitrogens with zero attached hydrogens (tertiary/aromatic N) is 2. The molecule has 1 fully saturated rings. The summed E-state index contributed by atoms with van der Waals surface area (Å²) in [7, 11) is 0. The Bertz CT molecular complexity index is 715. The highest BCUT2D eigenvalue weighted by molar-refractivity contribution is 5.66. The lowest BCUT2D eigenvalue weighted by molar-refractivity contribution is -0.137. The van der Waals surface area contributed by atoms with Crippen molar-refractivity contribution in [1.29, 1.82) is 0 Å². The van der Waals surface area contributed by atoms with Gasteiger partial charge in [0.05, 0.1) is 18.1 Å². The van der Waals surface area contributed by atoms with Gasteiger partial charge in [-0.15, -0.1) is 0 Å². The number of anilines is 1. The van der Waals surface area contributed by atoms with Crippen molar-refractivity contribution >= 4 is 11.7 Å². The first-order valence-corrected chi connectivity index (χ1v) is 8.70. The van der Waals surface area contributed by atoms with E-state index in [0.717, 1.165) is 42.9 Å².